The molecule has 2 aliphatic rings. The Balaban J connectivity index is 1.86. The molecule has 0 aromatic heterocycles. The van der Waals surface area contributed by atoms with Crippen molar-refractivity contribution < 1.29 is 28.5 Å². The predicted octanol–water partition coefficient (Wildman–Crippen LogP) is -0.309. The number of ketones is 1. The van der Waals surface area contributed by atoms with Gasteiger partial charge in [-0.05, 0) is 20.8 Å². The number of methoxy groups -OCH3 is 1. The Labute approximate surface area is 136 Å². The van der Waals surface area contributed by atoms with Gasteiger partial charge in [-0.15, -0.1) is 0 Å². The molecule has 0 aromatic rings. The molecule has 8 heteroatoms. The van der Waals surface area contributed by atoms with Gasteiger partial charge >= 0.3 is 0 Å². The van der Waals surface area contributed by atoms with Crippen LogP contribution in [0.15, 0.2) is 0 Å². The van der Waals surface area contributed by atoms with Crippen molar-refractivity contribution in [2.45, 2.75) is 70.0 Å². The average Bonchev–Trinajstić information content (AvgIpc) is 2.89. The van der Waals surface area contributed by atoms with Crippen molar-refractivity contribution in [3.8, 4) is 0 Å². The average molecular weight is 330 g/mol. The Hall–Kier alpha value is -1.06. The first kappa shape index (κ1) is 18.3. The normalized spacial score (nSPS) is 33.3. The molecular weight excluding hydrogens is 304 g/mol. The number of hydrogen-bond donors (Lipinski definition) is 2. The van der Waals surface area contributed by atoms with Gasteiger partial charge in [-0.1, -0.05) is 0 Å². The van der Waals surface area contributed by atoms with Gasteiger partial charge in [0.25, 0.3) is 0 Å². The van der Waals surface area contributed by atoms with Gasteiger partial charge in [-0.25, -0.2) is 0 Å². The summed E-state index contributed by atoms with van der Waals surface area (Å²) < 4.78 is 22.7. The van der Waals surface area contributed by atoms with Gasteiger partial charge in [0.15, 0.2) is 12.1 Å². The molecular formula is C15H26N2O6. The molecule has 5 unspecified atom stereocenters. The molecule has 132 valence electrons. The number of nitrogens with one attached hydrogen (secondary N) is 1. The number of rotatable bonds is 7. The van der Waals surface area contributed by atoms with E-state index in [4.69, 9.17) is 24.7 Å². The van der Waals surface area contributed by atoms with E-state index in [-0.39, 0.29) is 24.2 Å². The standard InChI is InChI=1S/C15H26N2O6/c1-8(18)5-6-17-10(19)7-9(16)11-12(20-4)13-14(21-11)23-15(2,3)22-13/h9,11-14H,5-7,16H2,1-4H3,(H,17,19). The number of fused-ring (bicyclic) bond motifs is 1. The molecule has 1 amide bonds. The molecule has 2 rings (SSSR count). The van der Waals surface area contributed by atoms with E-state index in [1.165, 1.54) is 6.92 Å². The van der Waals surface area contributed by atoms with Gasteiger partial charge in [0.1, 0.15) is 24.1 Å². The van der Waals surface area contributed by atoms with Crippen LogP contribution in [-0.2, 0) is 28.5 Å². The monoisotopic (exact) mass is 330 g/mol. The van der Waals surface area contributed by atoms with Crippen LogP contribution in [-0.4, -0.2) is 61.8 Å². The van der Waals surface area contributed by atoms with E-state index >= 15 is 0 Å². The van der Waals surface area contributed by atoms with Gasteiger partial charge in [0, 0.05) is 32.5 Å². The fraction of sp³-hybridized carbons (Fsp3) is 0.867. The van der Waals surface area contributed by atoms with E-state index < -0.39 is 30.3 Å². The third-order valence-corrected chi connectivity index (χ3v) is 3.94. The zero-order valence-corrected chi connectivity index (χ0v) is 14.0. The number of nitrogens with two attached hydrogens (primary N) is 1. The molecule has 0 aromatic carbocycles. The third-order valence-electron chi connectivity index (χ3n) is 3.94. The highest BCUT2D eigenvalue weighted by Gasteiger charge is 2.56. The maximum Gasteiger partial charge on any atom is 0.221 e. The molecule has 0 bridgehead atoms. The Morgan fingerprint density at radius 3 is 2.65 bits per heavy atom. The molecule has 5 atom stereocenters. The first-order valence-electron chi connectivity index (χ1n) is 7.79. The molecule has 8 nitrogen and oxygen atoms in total. The van der Waals surface area contributed by atoms with Crippen molar-refractivity contribution >= 4 is 11.7 Å². The van der Waals surface area contributed by atoms with Gasteiger partial charge in [-0.2, -0.15) is 0 Å². The van der Waals surface area contributed by atoms with Crippen molar-refractivity contribution in [2.75, 3.05) is 13.7 Å². The van der Waals surface area contributed by atoms with E-state index in [0.29, 0.717) is 13.0 Å². The first-order valence-corrected chi connectivity index (χ1v) is 7.79. The highest BCUT2D eigenvalue weighted by atomic mass is 16.8. The lowest BCUT2D eigenvalue weighted by Gasteiger charge is -2.28. The smallest absolute Gasteiger partial charge is 0.221 e. The lowest BCUT2D eigenvalue weighted by atomic mass is 10.0. The van der Waals surface area contributed by atoms with Crippen LogP contribution in [0.2, 0.25) is 0 Å². The maximum absolute atomic E-state index is 11.9. The minimum Gasteiger partial charge on any atom is -0.376 e. The van der Waals surface area contributed by atoms with Crippen molar-refractivity contribution in [2.24, 2.45) is 5.73 Å². The minimum absolute atomic E-state index is 0.0258. The highest BCUT2D eigenvalue weighted by molar-refractivity contribution is 5.79. The number of ether oxygens (including phenoxy) is 4. The second-order valence-corrected chi connectivity index (χ2v) is 6.44. The van der Waals surface area contributed by atoms with Crippen molar-refractivity contribution in [3.63, 3.8) is 0 Å². The topological polar surface area (TPSA) is 109 Å². The summed E-state index contributed by atoms with van der Waals surface area (Å²) in [6.07, 6.45) is -1.43. The van der Waals surface area contributed by atoms with E-state index in [1.54, 1.807) is 21.0 Å². The van der Waals surface area contributed by atoms with Gasteiger partial charge in [0.2, 0.25) is 5.91 Å². The van der Waals surface area contributed by atoms with Gasteiger partial charge in [0.05, 0.1) is 0 Å². The fourth-order valence-corrected chi connectivity index (χ4v) is 2.90. The maximum atomic E-state index is 11.9. The molecule has 2 saturated heterocycles. The van der Waals surface area contributed by atoms with E-state index in [1.807, 2.05) is 0 Å². The molecule has 2 aliphatic heterocycles. The number of hydrogen-bond acceptors (Lipinski definition) is 7. The summed E-state index contributed by atoms with van der Waals surface area (Å²) in [5.74, 6) is -0.931. The first-order chi connectivity index (χ1) is 10.7. The third kappa shape index (κ3) is 4.48. The Morgan fingerprint density at radius 2 is 2.04 bits per heavy atom. The molecule has 2 heterocycles. The van der Waals surface area contributed by atoms with Crippen LogP contribution >= 0.6 is 0 Å². The quantitative estimate of drug-likeness (QED) is 0.659. The molecule has 23 heavy (non-hydrogen) atoms. The van der Waals surface area contributed by atoms with Crippen LogP contribution in [0.25, 0.3) is 0 Å². The SMILES string of the molecule is COC1C(C(N)CC(=O)NCCC(C)=O)OC2OC(C)(C)OC21. The summed E-state index contributed by atoms with van der Waals surface area (Å²) in [6, 6.07) is -0.557. The second kappa shape index (κ2) is 7.23. The molecule has 0 aliphatic carbocycles. The number of Topliss-reactive ketones (excluding diaryl/α,β-unsaturated/α-hetero) is 1. The molecule has 2 fully saturated rings. The van der Waals surface area contributed by atoms with Gasteiger partial charge in [-0.3, -0.25) is 9.59 Å². The molecule has 3 N–H and O–H groups in total. The lowest BCUT2D eigenvalue weighted by Crippen LogP contribution is -2.48. The minimum atomic E-state index is -0.731. The molecule has 0 saturated carbocycles. The van der Waals surface area contributed by atoms with Crippen LogP contribution in [0.4, 0.5) is 0 Å². The van der Waals surface area contributed by atoms with Crippen LogP contribution in [0.1, 0.15) is 33.6 Å². The van der Waals surface area contributed by atoms with Crippen LogP contribution < -0.4 is 11.1 Å². The van der Waals surface area contributed by atoms with Crippen molar-refractivity contribution in [3.05, 3.63) is 0 Å². The summed E-state index contributed by atoms with van der Waals surface area (Å²) in [6.45, 7) is 5.40. The summed E-state index contributed by atoms with van der Waals surface area (Å²) >= 11 is 0. The number of carbonyl (C=O) groups is 2. The van der Waals surface area contributed by atoms with E-state index in [9.17, 15) is 9.59 Å². The summed E-state index contributed by atoms with van der Waals surface area (Å²) in [5, 5.41) is 2.67. The lowest BCUT2D eigenvalue weighted by molar-refractivity contribution is -0.219. The van der Waals surface area contributed by atoms with Crippen LogP contribution in [0, 0.1) is 0 Å². The summed E-state index contributed by atoms with van der Waals surface area (Å²) in [4.78, 5) is 22.7. The molecule has 0 radical (unpaired) electrons. The Bertz CT molecular complexity index is 455. The Kier molecular flexibility index (Phi) is 5.74. The van der Waals surface area contributed by atoms with Crippen LogP contribution in [0.3, 0.4) is 0 Å². The number of amides is 1. The predicted molar refractivity (Wildman–Crippen MR) is 80.4 cm³/mol. The Morgan fingerprint density at radius 1 is 1.35 bits per heavy atom. The van der Waals surface area contributed by atoms with Gasteiger partial charge < -0.3 is 30.0 Å². The summed E-state index contributed by atoms with van der Waals surface area (Å²) in [7, 11) is 1.55. The van der Waals surface area contributed by atoms with E-state index in [2.05, 4.69) is 5.32 Å². The zero-order valence-electron chi connectivity index (χ0n) is 14.0. The second-order valence-electron chi connectivity index (χ2n) is 6.44. The molecule has 0 spiro atoms. The zero-order chi connectivity index (χ0) is 17.2. The number of carbonyl (C=O) groups excluding carboxylic acids is 2. The van der Waals surface area contributed by atoms with E-state index in [0.717, 1.165) is 0 Å². The highest BCUT2D eigenvalue weighted by Crippen LogP contribution is 2.39. The van der Waals surface area contributed by atoms with Crippen LogP contribution in [0.5, 0.6) is 0 Å². The van der Waals surface area contributed by atoms with Crippen molar-refractivity contribution in [1.29, 1.82) is 0 Å². The fourth-order valence-electron chi connectivity index (χ4n) is 2.90. The summed E-state index contributed by atoms with van der Waals surface area (Å²) in [5.41, 5.74) is 6.10. The largest absolute Gasteiger partial charge is 0.376 e. The van der Waals surface area contributed by atoms with Crippen molar-refractivity contribution in [1.82, 2.24) is 5.32 Å².